The maximum atomic E-state index is 11.5. The van der Waals surface area contributed by atoms with Crippen LogP contribution in [0, 0.1) is 6.92 Å². The molecule has 2 N–H and O–H groups in total. The van der Waals surface area contributed by atoms with E-state index in [1.165, 1.54) is 0 Å². The zero-order chi connectivity index (χ0) is 10.4. The number of aliphatic hydroxyl groups is 1. The van der Waals surface area contributed by atoms with Gasteiger partial charge in [-0.05, 0) is 6.92 Å². The quantitative estimate of drug-likeness (QED) is 0.536. The Morgan fingerprint density at radius 1 is 1.36 bits per heavy atom. The van der Waals surface area contributed by atoms with Gasteiger partial charge in [0.05, 0.1) is 13.2 Å². The second-order valence-corrected chi connectivity index (χ2v) is 3.19. The molecule has 0 bridgehead atoms. The number of aliphatic hydroxyl groups excluding tert-OH is 1. The van der Waals surface area contributed by atoms with Crippen molar-refractivity contribution in [1.29, 1.82) is 0 Å². The lowest BCUT2D eigenvalue weighted by Crippen LogP contribution is -2.25. The fourth-order valence-electron chi connectivity index (χ4n) is 1.12. The predicted octanol–water partition coefficient (Wildman–Crippen LogP) is 0.760. The third-order valence-corrected chi connectivity index (χ3v) is 1.95. The molecule has 1 rings (SSSR count). The van der Waals surface area contributed by atoms with E-state index >= 15 is 0 Å². The first kappa shape index (κ1) is 10.9. The Hall–Kier alpha value is -1.19. The van der Waals surface area contributed by atoms with Crippen LogP contribution in [0.3, 0.4) is 0 Å². The van der Waals surface area contributed by atoms with Crippen LogP contribution in [0.25, 0.3) is 0 Å². The Kier molecular flexibility index (Phi) is 4.29. The lowest BCUT2D eigenvalue weighted by molar-refractivity contribution is 0.0989. The number of hydrogen-bond acceptors (Lipinski definition) is 3. The third-order valence-electron chi connectivity index (χ3n) is 1.95. The molecule has 1 aromatic carbocycles. The summed E-state index contributed by atoms with van der Waals surface area (Å²) >= 11 is 0. The van der Waals surface area contributed by atoms with Crippen molar-refractivity contribution in [2.45, 2.75) is 6.92 Å². The van der Waals surface area contributed by atoms with E-state index in [2.05, 4.69) is 5.32 Å². The van der Waals surface area contributed by atoms with E-state index in [-0.39, 0.29) is 18.9 Å². The molecule has 0 radical (unpaired) electrons. The third kappa shape index (κ3) is 3.28. The van der Waals surface area contributed by atoms with Gasteiger partial charge in [-0.2, -0.15) is 0 Å². The van der Waals surface area contributed by atoms with E-state index in [1.807, 2.05) is 31.2 Å². The molecule has 0 aliphatic rings. The van der Waals surface area contributed by atoms with Crippen LogP contribution in [0.2, 0.25) is 0 Å². The number of Topliss-reactive ketones (excluding diaryl/α,β-unsaturated/α-hetero) is 1. The average molecular weight is 193 g/mol. The lowest BCUT2D eigenvalue weighted by Gasteiger charge is -2.02. The van der Waals surface area contributed by atoms with E-state index in [4.69, 9.17) is 5.11 Å². The standard InChI is InChI=1S/C11H15NO2/c1-9-2-4-10(5-3-9)11(14)8-12-6-7-13/h2-5,12-13H,6-8H2,1H3. The Balaban J connectivity index is 2.48. The first-order valence-corrected chi connectivity index (χ1v) is 4.65. The summed E-state index contributed by atoms with van der Waals surface area (Å²) in [5, 5.41) is 11.4. The van der Waals surface area contributed by atoms with E-state index < -0.39 is 0 Å². The normalized spacial score (nSPS) is 10.1. The van der Waals surface area contributed by atoms with Gasteiger partial charge in [0.15, 0.2) is 5.78 Å². The average Bonchev–Trinajstić information content (AvgIpc) is 2.19. The molecule has 0 atom stereocenters. The fraction of sp³-hybridized carbons (Fsp3) is 0.364. The van der Waals surface area contributed by atoms with Crippen molar-refractivity contribution in [3.8, 4) is 0 Å². The Morgan fingerprint density at radius 3 is 2.57 bits per heavy atom. The van der Waals surface area contributed by atoms with Crippen LogP contribution in [0.1, 0.15) is 15.9 Å². The molecule has 0 fully saturated rings. The van der Waals surface area contributed by atoms with Crippen molar-refractivity contribution in [2.24, 2.45) is 0 Å². The van der Waals surface area contributed by atoms with E-state index in [0.29, 0.717) is 12.1 Å². The molecule has 0 heterocycles. The van der Waals surface area contributed by atoms with Crippen LogP contribution in [0.5, 0.6) is 0 Å². The van der Waals surface area contributed by atoms with Gasteiger partial charge < -0.3 is 10.4 Å². The molecule has 76 valence electrons. The van der Waals surface area contributed by atoms with Crippen LogP contribution in [0.4, 0.5) is 0 Å². The topological polar surface area (TPSA) is 49.3 Å². The molecule has 3 heteroatoms. The first-order valence-electron chi connectivity index (χ1n) is 4.65. The summed E-state index contributed by atoms with van der Waals surface area (Å²) in [5.41, 5.74) is 1.85. The Bertz CT molecular complexity index is 293. The summed E-state index contributed by atoms with van der Waals surface area (Å²) in [7, 11) is 0. The number of carbonyl (C=O) groups is 1. The number of nitrogens with one attached hydrogen (secondary N) is 1. The molecule has 0 aliphatic carbocycles. The number of hydrogen-bond donors (Lipinski definition) is 2. The van der Waals surface area contributed by atoms with Crippen molar-refractivity contribution in [3.05, 3.63) is 35.4 Å². The predicted molar refractivity (Wildman–Crippen MR) is 55.5 cm³/mol. The van der Waals surface area contributed by atoms with Gasteiger partial charge in [-0.25, -0.2) is 0 Å². The summed E-state index contributed by atoms with van der Waals surface area (Å²) in [6.07, 6.45) is 0. The van der Waals surface area contributed by atoms with E-state index in [1.54, 1.807) is 0 Å². The van der Waals surface area contributed by atoms with Gasteiger partial charge in [0.25, 0.3) is 0 Å². The molecule has 0 saturated heterocycles. The number of carbonyl (C=O) groups excluding carboxylic acids is 1. The van der Waals surface area contributed by atoms with Gasteiger partial charge in [-0.1, -0.05) is 29.8 Å². The molecule has 0 saturated carbocycles. The van der Waals surface area contributed by atoms with Crippen LogP contribution in [-0.4, -0.2) is 30.6 Å². The fourth-order valence-corrected chi connectivity index (χ4v) is 1.12. The summed E-state index contributed by atoms with van der Waals surface area (Å²) in [6, 6.07) is 7.47. The summed E-state index contributed by atoms with van der Waals surface area (Å²) in [5.74, 6) is 0.0541. The second-order valence-electron chi connectivity index (χ2n) is 3.19. The molecule has 0 spiro atoms. The van der Waals surface area contributed by atoms with Crippen LogP contribution < -0.4 is 5.32 Å². The largest absolute Gasteiger partial charge is 0.395 e. The molecule has 1 aromatic rings. The molecular formula is C11H15NO2. The van der Waals surface area contributed by atoms with E-state index in [9.17, 15) is 4.79 Å². The van der Waals surface area contributed by atoms with Crippen LogP contribution in [-0.2, 0) is 0 Å². The van der Waals surface area contributed by atoms with Gasteiger partial charge >= 0.3 is 0 Å². The van der Waals surface area contributed by atoms with Crippen LogP contribution in [0.15, 0.2) is 24.3 Å². The highest BCUT2D eigenvalue weighted by Gasteiger charge is 2.03. The van der Waals surface area contributed by atoms with E-state index in [0.717, 1.165) is 5.56 Å². The molecule has 0 aromatic heterocycles. The molecule has 0 unspecified atom stereocenters. The summed E-state index contributed by atoms with van der Waals surface area (Å²) in [6.45, 7) is 2.78. The highest BCUT2D eigenvalue weighted by atomic mass is 16.3. The van der Waals surface area contributed by atoms with Crippen molar-refractivity contribution >= 4 is 5.78 Å². The summed E-state index contributed by atoms with van der Waals surface area (Å²) < 4.78 is 0. The highest BCUT2D eigenvalue weighted by Crippen LogP contribution is 2.03. The van der Waals surface area contributed by atoms with Gasteiger partial charge in [0.1, 0.15) is 0 Å². The zero-order valence-electron chi connectivity index (χ0n) is 8.29. The maximum absolute atomic E-state index is 11.5. The molecule has 0 aliphatic heterocycles. The molecule has 0 amide bonds. The lowest BCUT2D eigenvalue weighted by atomic mass is 10.1. The van der Waals surface area contributed by atoms with Crippen molar-refractivity contribution < 1.29 is 9.90 Å². The van der Waals surface area contributed by atoms with Gasteiger partial charge in [-0.15, -0.1) is 0 Å². The number of aryl methyl sites for hydroxylation is 1. The monoisotopic (exact) mass is 193 g/mol. The van der Waals surface area contributed by atoms with Gasteiger partial charge in [0.2, 0.25) is 0 Å². The summed E-state index contributed by atoms with van der Waals surface area (Å²) in [4.78, 5) is 11.5. The number of benzene rings is 1. The Labute approximate surface area is 83.8 Å². The molecular weight excluding hydrogens is 178 g/mol. The van der Waals surface area contributed by atoms with Crippen molar-refractivity contribution in [3.63, 3.8) is 0 Å². The first-order chi connectivity index (χ1) is 6.74. The van der Waals surface area contributed by atoms with Gasteiger partial charge in [-0.3, -0.25) is 4.79 Å². The van der Waals surface area contributed by atoms with Crippen molar-refractivity contribution in [2.75, 3.05) is 19.7 Å². The van der Waals surface area contributed by atoms with Crippen molar-refractivity contribution in [1.82, 2.24) is 5.32 Å². The zero-order valence-corrected chi connectivity index (χ0v) is 8.29. The minimum atomic E-state index is 0.0541. The molecule has 3 nitrogen and oxygen atoms in total. The Morgan fingerprint density at radius 2 is 2.00 bits per heavy atom. The number of ketones is 1. The van der Waals surface area contributed by atoms with Gasteiger partial charge in [0, 0.05) is 12.1 Å². The molecule has 14 heavy (non-hydrogen) atoms. The van der Waals surface area contributed by atoms with Crippen LogP contribution >= 0.6 is 0 Å². The second kappa shape index (κ2) is 5.52. The maximum Gasteiger partial charge on any atom is 0.176 e. The number of rotatable bonds is 5. The highest BCUT2D eigenvalue weighted by molar-refractivity contribution is 5.97. The SMILES string of the molecule is Cc1ccc(C(=O)CNCCO)cc1. The minimum Gasteiger partial charge on any atom is -0.395 e. The smallest absolute Gasteiger partial charge is 0.176 e. The minimum absolute atomic E-state index is 0.0541.